The van der Waals surface area contributed by atoms with Crippen molar-refractivity contribution in [3.8, 4) is 28.9 Å². The molecule has 0 radical (unpaired) electrons. The SMILES string of the molecule is COP(=O)(OCc1oc(-n2cnc3c(N)ncnc32)c(O)c1O)OP(=O)([O-])OCC(O)C(O)C(O)Cn1c2nc(=O)[nH]c(=O)c-2nc2cc(C)c(C)cc21. The van der Waals surface area contributed by atoms with Crippen LogP contribution in [0.15, 0.2) is 38.8 Å². The van der Waals surface area contributed by atoms with Crippen LogP contribution in [-0.2, 0) is 40.2 Å². The number of furan rings is 1. The number of phosphoric ester groups is 2. The van der Waals surface area contributed by atoms with Crippen molar-refractivity contribution in [2.24, 2.45) is 0 Å². The first-order chi connectivity index (χ1) is 25.4. The molecule has 0 aliphatic carbocycles. The molecule has 0 fully saturated rings. The molecule has 5 atom stereocenters. The Morgan fingerprint density at radius 3 is 2.46 bits per heavy atom. The third kappa shape index (κ3) is 7.47. The minimum absolute atomic E-state index is 0.00556. The van der Waals surface area contributed by atoms with Crippen LogP contribution in [0.25, 0.3) is 39.6 Å². The Labute approximate surface area is 300 Å². The fourth-order valence-electron chi connectivity index (χ4n) is 5.16. The summed E-state index contributed by atoms with van der Waals surface area (Å²) in [7, 11) is -10.1. The number of aryl methyl sites for hydroxylation is 2. The Kier molecular flexibility index (Phi) is 10.4. The van der Waals surface area contributed by atoms with Gasteiger partial charge in [-0.3, -0.25) is 23.4 Å². The van der Waals surface area contributed by atoms with E-state index < -0.39 is 88.1 Å². The zero-order valence-electron chi connectivity index (χ0n) is 28.1. The number of aromatic amines is 1. The third-order valence-corrected chi connectivity index (χ3v) is 11.0. The van der Waals surface area contributed by atoms with Crippen molar-refractivity contribution >= 4 is 43.7 Å². The predicted molar refractivity (Wildman–Crippen MR) is 179 cm³/mol. The molecule has 3 aromatic heterocycles. The number of aromatic hydroxyl groups is 2. The number of nitrogens with zero attached hydrogens (tertiary/aromatic N) is 7. The highest BCUT2D eigenvalue weighted by Crippen LogP contribution is 2.61. The summed E-state index contributed by atoms with van der Waals surface area (Å²) < 4.78 is 52.0. The average Bonchev–Trinajstić information content (AvgIpc) is 3.67. The zero-order valence-corrected chi connectivity index (χ0v) is 29.9. The molecule has 5 heterocycles. The van der Waals surface area contributed by atoms with Gasteiger partial charge < -0.3 is 49.7 Å². The molecule has 288 valence electrons. The van der Waals surface area contributed by atoms with Gasteiger partial charge in [0.1, 0.15) is 37.6 Å². The molecule has 4 aromatic rings. The summed E-state index contributed by atoms with van der Waals surface area (Å²) in [5, 5.41) is 53.0. The fraction of sp³-hybridized carbons (Fsp3) is 0.321. The lowest BCUT2D eigenvalue weighted by atomic mass is 10.1. The summed E-state index contributed by atoms with van der Waals surface area (Å²) in [6, 6.07) is 3.30. The number of aliphatic hydroxyl groups excluding tert-OH is 3. The highest BCUT2D eigenvalue weighted by Gasteiger charge is 2.35. The quantitative estimate of drug-likeness (QED) is 0.0538. The number of imidazole rings is 1. The smallest absolute Gasteiger partial charge is 0.481 e. The second-order valence-corrected chi connectivity index (χ2v) is 14.9. The number of benzene rings is 1. The van der Waals surface area contributed by atoms with Crippen LogP contribution in [0, 0.1) is 13.8 Å². The molecule has 5 unspecified atom stereocenters. The van der Waals surface area contributed by atoms with Crippen LogP contribution in [0.3, 0.4) is 0 Å². The van der Waals surface area contributed by atoms with Crippen molar-refractivity contribution in [2.75, 3.05) is 19.5 Å². The summed E-state index contributed by atoms with van der Waals surface area (Å²) in [5.41, 5.74) is 6.00. The van der Waals surface area contributed by atoms with E-state index in [1.807, 2.05) is 4.98 Å². The van der Waals surface area contributed by atoms with Crippen LogP contribution in [-0.4, -0.2) is 96.6 Å². The number of fused-ring (bicyclic) bond motifs is 3. The van der Waals surface area contributed by atoms with E-state index in [4.69, 9.17) is 14.7 Å². The fourth-order valence-corrected chi connectivity index (χ4v) is 7.49. The van der Waals surface area contributed by atoms with Crippen LogP contribution < -0.4 is 21.9 Å². The van der Waals surface area contributed by atoms with Gasteiger partial charge in [-0.25, -0.2) is 38.2 Å². The first kappa shape index (κ1) is 38.6. The van der Waals surface area contributed by atoms with Gasteiger partial charge in [-0.05, 0) is 37.1 Å². The van der Waals surface area contributed by atoms with E-state index in [1.165, 1.54) is 4.57 Å². The van der Waals surface area contributed by atoms with Crippen molar-refractivity contribution in [1.82, 2.24) is 39.0 Å². The van der Waals surface area contributed by atoms with Gasteiger partial charge >= 0.3 is 13.5 Å². The Morgan fingerprint density at radius 1 is 1.02 bits per heavy atom. The molecule has 54 heavy (non-hydrogen) atoms. The van der Waals surface area contributed by atoms with Crippen molar-refractivity contribution in [2.45, 2.75) is 45.3 Å². The maximum atomic E-state index is 13.0. The van der Waals surface area contributed by atoms with E-state index >= 15 is 0 Å². The largest absolute Gasteiger partial charge is 0.756 e. The standard InChI is InChI=1S/C28H31N9O15P2/c1-11-4-13-14(5-12(11)2)36(25-19(33-13)26(43)35-28(44)34-25)6-15(38)20(40)16(39)7-49-53(45,46)52-54(47,48-3)50-8-17-21(41)22(42)27(51-17)37-10-32-18-23(29)30-9-31-24(18)37/h4-5,9-10,15-16,20,38-42H,6-8H2,1-3H3,(H,45,46)(H2,29,30,31)(H,35,43,44)/p-1. The van der Waals surface area contributed by atoms with E-state index in [2.05, 4.69) is 38.3 Å². The van der Waals surface area contributed by atoms with Crippen molar-refractivity contribution in [3.63, 3.8) is 0 Å². The molecule has 0 saturated heterocycles. The predicted octanol–water partition coefficient (Wildman–Crippen LogP) is -0.528. The number of rotatable bonds is 14. The van der Waals surface area contributed by atoms with Crippen LogP contribution in [0.1, 0.15) is 16.9 Å². The molecule has 0 bridgehead atoms. The molecule has 0 spiro atoms. The number of anilines is 1. The number of hydrogen-bond donors (Lipinski definition) is 7. The van der Waals surface area contributed by atoms with Gasteiger partial charge in [0.2, 0.25) is 11.5 Å². The summed E-state index contributed by atoms with van der Waals surface area (Å²) >= 11 is 0. The number of H-pyrrole nitrogens is 1. The number of aliphatic hydroxyl groups is 3. The maximum Gasteiger partial charge on any atom is 0.481 e. The summed E-state index contributed by atoms with van der Waals surface area (Å²) in [6.45, 7) is 0.722. The molecule has 2 aliphatic rings. The van der Waals surface area contributed by atoms with Crippen molar-refractivity contribution in [3.05, 3.63) is 62.5 Å². The first-order valence-electron chi connectivity index (χ1n) is 15.3. The van der Waals surface area contributed by atoms with E-state index in [1.54, 1.807) is 26.0 Å². The van der Waals surface area contributed by atoms with Crippen LogP contribution in [0.2, 0.25) is 0 Å². The van der Waals surface area contributed by atoms with Crippen LogP contribution in [0.5, 0.6) is 11.5 Å². The lowest BCUT2D eigenvalue weighted by Crippen LogP contribution is -2.43. The molecular weight excluding hydrogens is 764 g/mol. The first-order valence-corrected chi connectivity index (χ1v) is 18.2. The molecule has 0 amide bonds. The number of phosphoric acid groups is 2. The second kappa shape index (κ2) is 14.6. The van der Waals surface area contributed by atoms with E-state index in [0.717, 1.165) is 35.5 Å². The molecule has 2 aliphatic heterocycles. The average molecular weight is 795 g/mol. The number of nitrogens with two attached hydrogens (primary N) is 1. The van der Waals surface area contributed by atoms with Crippen LogP contribution >= 0.6 is 15.6 Å². The summed E-state index contributed by atoms with van der Waals surface area (Å²) in [5.74, 6) is -2.98. The molecule has 8 N–H and O–H groups in total. The monoisotopic (exact) mass is 794 g/mol. The Hall–Kier alpha value is -5.13. The molecular formula is C28H30N9O15P2-. The van der Waals surface area contributed by atoms with Gasteiger partial charge in [-0.15, -0.1) is 0 Å². The topological polar surface area (TPSA) is 359 Å². The van der Waals surface area contributed by atoms with Gasteiger partial charge in [0, 0.05) is 7.11 Å². The Balaban J connectivity index is 1.12. The van der Waals surface area contributed by atoms with E-state index in [9.17, 15) is 49.1 Å². The zero-order chi connectivity index (χ0) is 39.3. The maximum absolute atomic E-state index is 13.0. The second-order valence-electron chi connectivity index (χ2n) is 11.6. The summed E-state index contributed by atoms with van der Waals surface area (Å²) in [6.07, 6.45) is -3.90. The number of aromatic nitrogens is 8. The van der Waals surface area contributed by atoms with Gasteiger partial charge in [0.15, 0.2) is 34.3 Å². The summed E-state index contributed by atoms with van der Waals surface area (Å²) in [4.78, 5) is 59.1. The van der Waals surface area contributed by atoms with Crippen LogP contribution in [0.4, 0.5) is 5.82 Å². The Morgan fingerprint density at radius 2 is 1.74 bits per heavy atom. The lowest BCUT2D eigenvalue weighted by Gasteiger charge is -2.29. The van der Waals surface area contributed by atoms with Gasteiger partial charge in [0.05, 0.1) is 24.2 Å². The molecule has 6 rings (SSSR count). The molecule has 24 nitrogen and oxygen atoms in total. The number of nitrogens with one attached hydrogen (secondary N) is 1. The molecule has 0 saturated carbocycles. The minimum Gasteiger partial charge on any atom is -0.756 e. The number of hydrogen-bond acceptors (Lipinski definition) is 21. The minimum atomic E-state index is -5.71. The highest BCUT2D eigenvalue weighted by atomic mass is 31.3. The van der Waals surface area contributed by atoms with Gasteiger partial charge in [-0.2, -0.15) is 4.98 Å². The van der Waals surface area contributed by atoms with E-state index in [0.29, 0.717) is 5.52 Å². The van der Waals surface area contributed by atoms with Crippen molar-refractivity contribution in [1.29, 1.82) is 0 Å². The Bertz CT molecular complexity index is 2570. The third-order valence-electron chi connectivity index (χ3n) is 8.05. The van der Waals surface area contributed by atoms with Crippen molar-refractivity contribution < 1.29 is 61.9 Å². The van der Waals surface area contributed by atoms with Gasteiger partial charge in [-0.1, -0.05) is 0 Å². The van der Waals surface area contributed by atoms with E-state index in [-0.39, 0.29) is 34.0 Å². The molecule has 26 heteroatoms. The lowest BCUT2D eigenvalue weighted by molar-refractivity contribution is -0.222. The van der Waals surface area contributed by atoms with Gasteiger partial charge in [0.25, 0.3) is 19.3 Å². The normalized spacial score (nSPS) is 16.1. The molecule has 1 aromatic carbocycles. The highest BCUT2D eigenvalue weighted by molar-refractivity contribution is 7.61. The number of nitrogen functional groups attached to an aromatic ring is 1.